The average molecular weight is 242 g/mol. The molecule has 0 unspecified atom stereocenters. The molecular weight excluding hydrogens is 230 g/mol. The fourth-order valence-corrected chi connectivity index (χ4v) is 2.06. The van der Waals surface area contributed by atoms with Crippen molar-refractivity contribution in [1.29, 1.82) is 0 Å². The fraction of sp³-hybridized carbons (Fsp3) is 0.364. The summed E-state index contributed by atoms with van der Waals surface area (Å²) in [4.78, 5) is 13.0. The Morgan fingerprint density at radius 1 is 1.38 bits per heavy atom. The number of anilines is 1. The Balaban J connectivity index is 2.33. The Kier molecular flexibility index (Phi) is 3.31. The van der Waals surface area contributed by atoms with Crippen LogP contribution in [0.25, 0.3) is 0 Å². The van der Waals surface area contributed by atoms with Crippen LogP contribution >= 0.6 is 11.6 Å². The number of nitrogens with zero attached hydrogens (tertiary/aromatic N) is 1. The second kappa shape index (κ2) is 4.72. The lowest BCUT2D eigenvalue weighted by Crippen LogP contribution is -2.36. The molecule has 0 radical (unpaired) electrons. The summed E-state index contributed by atoms with van der Waals surface area (Å²) in [5, 5.41) is 9.26. The third-order valence-corrected chi connectivity index (χ3v) is 2.96. The van der Waals surface area contributed by atoms with Gasteiger partial charge in [0.05, 0.1) is 29.5 Å². The summed E-state index contributed by atoms with van der Waals surface area (Å²) < 4.78 is 5.24. The number of carbonyl (C=O) groups is 1. The molecule has 1 fully saturated rings. The van der Waals surface area contributed by atoms with Crippen molar-refractivity contribution in [2.75, 3.05) is 31.2 Å². The fourth-order valence-electron chi connectivity index (χ4n) is 1.73. The minimum absolute atomic E-state index is 0.144. The number of hydrogen-bond donors (Lipinski definition) is 1. The summed E-state index contributed by atoms with van der Waals surface area (Å²) in [7, 11) is 0. The van der Waals surface area contributed by atoms with Crippen molar-refractivity contribution in [1.82, 2.24) is 0 Å². The van der Waals surface area contributed by atoms with Crippen molar-refractivity contribution < 1.29 is 14.6 Å². The summed E-state index contributed by atoms with van der Waals surface area (Å²) in [5.41, 5.74) is 0.913. The molecule has 1 aliphatic heterocycles. The Bertz CT molecular complexity index is 402. The third kappa shape index (κ3) is 2.13. The zero-order valence-electron chi connectivity index (χ0n) is 8.65. The summed E-state index contributed by atoms with van der Waals surface area (Å²) >= 11 is 6.07. The molecule has 0 spiro atoms. The van der Waals surface area contributed by atoms with Gasteiger partial charge in [0, 0.05) is 13.1 Å². The van der Waals surface area contributed by atoms with E-state index < -0.39 is 5.97 Å². The molecular formula is C11H12ClNO3. The molecule has 5 heteroatoms. The number of halogens is 1. The molecule has 0 amide bonds. The van der Waals surface area contributed by atoms with Gasteiger partial charge >= 0.3 is 5.97 Å². The van der Waals surface area contributed by atoms with Crippen LogP contribution in [0.3, 0.4) is 0 Å². The van der Waals surface area contributed by atoms with E-state index in [1.807, 2.05) is 11.0 Å². The number of hydrogen-bond acceptors (Lipinski definition) is 3. The van der Waals surface area contributed by atoms with Crippen molar-refractivity contribution in [3.63, 3.8) is 0 Å². The van der Waals surface area contributed by atoms with Crippen LogP contribution in [0, 0.1) is 0 Å². The van der Waals surface area contributed by atoms with Crippen molar-refractivity contribution in [2.45, 2.75) is 0 Å². The lowest BCUT2D eigenvalue weighted by atomic mass is 10.2. The smallest absolute Gasteiger partial charge is 0.337 e. The maximum absolute atomic E-state index is 10.9. The van der Waals surface area contributed by atoms with E-state index in [1.54, 1.807) is 6.07 Å². The number of carboxylic acid groups (broad SMARTS) is 1. The van der Waals surface area contributed by atoms with Gasteiger partial charge in [-0.1, -0.05) is 17.7 Å². The van der Waals surface area contributed by atoms with Gasteiger partial charge in [-0.25, -0.2) is 4.79 Å². The van der Waals surface area contributed by atoms with Gasteiger partial charge in [-0.15, -0.1) is 0 Å². The van der Waals surface area contributed by atoms with E-state index in [1.165, 1.54) is 6.07 Å². The van der Waals surface area contributed by atoms with E-state index in [-0.39, 0.29) is 5.56 Å². The molecule has 0 atom stereocenters. The van der Waals surface area contributed by atoms with Crippen LogP contribution in [-0.2, 0) is 4.74 Å². The van der Waals surface area contributed by atoms with Gasteiger partial charge in [0.15, 0.2) is 0 Å². The molecule has 86 valence electrons. The van der Waals surface area contributed by atoms with Crippen molar-refractivity contribution in [2.24, 2.45) is 0 Å². The SMILES string of the molecule is O=C(O)c1cccc(N2CCOCC2)c1Cl. The van der Waals surface area contributed by atoms with E-state index in [4.69, 9.17) is 21.4 Å². The van der Waals surface area contributed by atoms with Crippen LogP contribution in [-0.4, -0.2) is 37.4 Å². The average Bonchev–Trinajstić information content (AvgIpc) is 2.30. The van der Waals surface area contributed by atoms with Crippen molar-refractivity contribution in [3.8, 4) is 0 Å². The Hall–Kier alpha value is -1.26. The highest BCUT2D eigenvalue weighted by molar-refractivity contribution is 6.36. The molecule has 0 aliphatic carbocycles. The first kappa shape index (κ1) is 11.2. The molecule has 1 aliphatic rings. The number of carboxylic acids is 1. The molecule has 2 rings (SSSR count). The van der Waals surface area contributed by atoms with Crippen LogP contribution in [0.4, 0.5) is 5.69 Å². The topological polar surface area (TPSA) is 49.8 Å². The quantitative estimate of drug-likeness (QED) is 0.859. The first-order valence-electron chi connectivity index (χ1n) is 5.04. The Labute approximate surface area is 98.4 Å². The summed E-state index contributed by atoms with van der Waals surface area (Å²) in [5.74, 6) is -1.000. The zero-order chi connectivity index (χ0) is 11.5. The number of benzene rings is 1. The Morgan fingerprint density at radius 3 is 2.69 bits per heavy atom. The van der Waals surface area contributed by atoms with Crippen LogP contribution in [0.2, 0.25) is 5.02 Å². The minimum Gasteiger partial charge on any atom is -0.478 e. The first-order chi connectivity index (χ1) is 7.70. The van der Waals surface area contributed by atoms with E-state index in [0.717, 1.165) is 18.8 Å². The minimum atomic E-state index is -1.000. The van der Waals surface area contributed by atoms with Crippen LogP contribution in [0.15, 0.2) is 18.2 Å². The van der Waals surface area contributed by atoms with Crippen LogP contribution in [0.1, 0.15) is 10.4 Å². The molecule has 1 heterocycles. The van der Waals surface area contributed by atoms with E-state index in [9.17, 15) is 4.79 Å². The monoisotopic (exact) mass is 241 g/mol. The largest absolute Gasteiger partial charge is 0.478 e. The number of rotatable bonds is 2. The first-order valence-corrected chi connectivity index (χ1v) is 5.42. The van der Waals surface area contributed by atoms with Gasteiger partial charge < -0.3 is 14.7 Å². The predicted octanol–water partition coefficient (Wildman–Crippen LogP) is 1.87. The van der Waals surface area contributed by atoms with Gasteiger partial charge in [-0.05, 0) is 12.1 Å². The lowest BCUT2D eigenvalue weighted by Gasteiger charge is -2.29. The van der Waals surface area contributed by atoms with Crippen LogP contribution < -0.4 is 4.90 Å². The molecule has 1 aromatic carbocycles. The zero-order valence-corrected chi connectivity index (χ0v) is 9.41. The van der Waals surface area contributed by atoms with Crippen LogP contribution in [0.5, 0.6) is 0 Å². The number of morpholine rings is 1. The second-order valence-electron chi connectivity index (χ2n) is 3.54. The second-order valence-corrected chi connectivity index (χ2v) is 3.92. The van der Waals surface area contributed by atoms with Gasteiger partial charge in [-0.2, -0.15) is 0 Å². The number of aromatic carboxylic acids is 1. The van der Waals surface area contributed by atoms with Crippen molar-refractivity contribution in [3.05, 3.63) is 28.8 Å². The van der Waals surface area contributed by atoms with E-state index in [2.05, 4.69) is 0 Å². The number of ether oxygens (including phenoxy) is 1. The van der Waals surface area contributed by atoms with Gasteiger partial charge in [0.2, 0.25) is 0 Å². The van der Waals surface area contributed by atoms with E-state index >= 15 is 0 Å². The van der Waals surface area contributed by atoms with Gasteiger partial charge in [-0.3, -0.25) is 0 Å². The molecule has 1 saturated heterocycles. The summed E-state index contributed by atoms with van der Waals surface area (Å²) in [6.07, 6.45) is 0. The van der Waals surface area contributed by atoms with Gasteiger partial charge in [0.1, 0.15) is 0 Å². The third-order valence-electron chi connectivity index (χ3n) is 2.56. The van der Waals surface area contributed by atoms with E-state index in [0.29, 0.717) is 18.2 Å². The summed E-state index contributed by atoms with van der Waals surface area (Å²) in [6, 6.07) is 5.05. The Morgan fingerprint density at radius 2 is 2.06 bits per heavy atom. The maximum Gasteiger partial charge on any atom is 0.337 e. The summed E-state index contributed by atoms with van der Waals surface area (Å²) in [6.45, 7) is 2.77. The maximum atomic E-state index is 10.9. The highest BCUT2D eigenvalue weighted by atomic mass is 35.5. The molecule has 16 heavy (non-hydrogen) atoms. The standard InChI is InChI=1S/C11H12ClNO3/c12-10-8(11(14)15)2-1-3-9(10)13-4-6-16-7-5-13/h1-3H,4-7H2,(H,14,15). The highest BCUT2D eigenvalue weighted by Gasteiger charge is 2.18. The highest BCUT2D eigenvalue weighted by Crippen LogP contribution is 2.29. The molecule has 1 N–H and O–H groups in total. The molecule has 4 nitrogen and oxygen atoms in total. The van der Waals surface area contributed by atoms with Crippen molar-refractivity contribution >= 4 is 23.3 Å². The normalized spacial score (nSPS) is 16.2. The lowest BCUT2D eigenvalue weighted by molar-refractivity contribution is 0.0697. The molecule has 0 saturated carbocycles. The predicted molar refractivity (Wildman–Crippen MR) is 61.4 cm³/mol. The molecule has 0 aromatic heterocycles. The van der Waals surface area contributed by atoms with Gasteiger partial charge in [0.25, 0.3) is 0 Å². The molecule has 0 bridgehead atoms. The molecule has 1 aromatic rings.